The molecule has 0 spiro atoms. The summed E-state index contributed by atoms with van der Waals surface area (Å²) in [4.78, 5) is 24.0. The first-order valence-electron chi connectivity index (χ1n) is 7.13. The summed E-state index contributed by atoms with van der Waals surface area (Å²) in [5.41, 5.74) is 1.16. The standard InChI is InChI=1S/C16H18N2O4/c1-21-16(20)13(18-15(19)14-7-4-8-22-14)9-11-5-2-3-6-12(11)10-17/h2-3,5-6,13-14H,4,7-9H2,1H3,(H,18,19)/t13-,14-/m0/s1. The second-order valence-corrected chi connectivity index (χ2v) is 5.06. The molecule has 1 aliphatic rings. The van der Waals surface area contributed by atoms with Gasteiger partial charge in [0.1, 0.15) is 12.1 Å². The molecular formula is C16H18N2O4. The molecule has 0 radical (unpaired) electrons. The molecule has 0 unspecified atom stereocenters. The lowest BCUT2D eigenvalue weighted by atomic mass is 10.0. The van der Waals surface area contributed by atoms with E-state index < -0.39 is 18.1 Å². The number of carbonyl (C=O) groups is 2. The van der Waals surface area contributed by atoms with Gasteiger partial charge in [-0.25, -0.2) is 4.79 Å². The Bertz CT molecular complexity index is 588. The number of nitrogens with one attached hydrogen (secondary N) is 1. The average molecular weight is 302 g/mol. The summed E-state index contributed by atoms with van der Waals surface area (Å²) >= 11 is 0. The number of nitrogens with zero attached hydrogens (tertiary/aromatic N) is 1. The molecule has 22 heavy (non-hydrogen) atoms. The Balaban J connectivity index is 2.11. The summed E-state index contributed by atoms with van der Waals surface area (Å²) in [5, 5.41) is 11.8. The fourth-order valence-electron chi connectivity index (χ4n) is 2.41. The van der Waals surface area contributed by atoms with Gasteiger partial charge in [0.15, 0.2) is 0 Å². The van der Waals surface area contributed by atoms with Gasteiger partial charge in [-0.2, -0.15) is 5.26 Å². The van der Waals surface area contributed by atoms with E-state index in [0.717, 1.165) is 6.42 Å². The molecule has 6 heteroatoms. The Morgan fingerprint density at radius 1 is 1.50 bits per heavy atom. The number of hydrogen-bond donors (Lipinski definition) is 1. The average Bonchev–Trinajstić information content (AvgIpc) is 3.08. The van der Waals surface area contributed by atoms with Crippen molar-refractivity contribution >= 4 is 11.9 Å². The summed E-state index contributed by atoms with van der Waals surface area (Å²) in [6.45, 7) is 0.554. The predicted molar refractivity (Wildman–Crippen MR) is 77.8 cm³/mol. The van der Waals surface area contributed by atoms with Crippen LogP contribution in [-0.4, -0.2) is 37.7 Å². The van der Waals surface area contributed by atoms with Crippen LogP contribution in [0.2, 0.25) is 0 Å². The molecule has 1 heterocycles. The van der Waals surface area contributed by atoms with Crippen LogP contribution in [0.3, 0.4) is 0 Å². The molecule has 116 valence electrons. The number of amides is 1. The van der Waals surface area contributed by atoms with Crippen molar-refractivity contribution in [1.29, 1.82) is 5.26 Å². The highest BCUT2D eigenvalue weighted by atomic mass is 16.5. The molecule has 6 nitrogen and oxygen atoms in total. The van der Waals surface area contributed by atoms with Crippen LogP contribution in [0, 0.1) is 11.3 Å². The maximum Gasteiger partial charge on any atom is 0.328 e. The third-order valence-corrected chi connectivity index (χ3v) is 3.59. The van der Waals surface area contributed by atoms with Crippen molar-refractivity contribution in [2.24, 2.45) is 0 Å². The maximum absolute atomic E-state index is 12.1. The Kier molecular flexibility index (Phi) is 5.50. The van der Waals surface area contributed by atoms with Crippen LogP contribution >= 0.6 is 0 Å². The number of esters is 1. The van der Waals surface area contributed by atoms with Gasteiger partial charge in [0.25, 0.3) is 0 Å². The molecule has 2 atom stereocenters. The Hall–Kier alpha value is -2.39. The third-order valence-electron chi connectivity index (χ3n) is 3.59. The lowest BCUT2D eigenvalue weighted by Gasteiger charge is -2.19. The molecule has 1 N–H and O–H groups in total. The Morgan fingerprint density at radius 2 is 2.27 bits per heavy atom. The molecule has 1 saturated heterocycles. The Labute approximate surface area is 129 Å². The molecule has 1 fully saturated rings. The van der Waals surface area contributed by atoms with Crippen LogP contribution < -0.4 is 5.32 Å². The number of carbonyl (C=O) groups excluding carboxylic acids is 2. The summed E-state index contributed by atoms with van der Waals surface area (Å²) in [7, 11) is 1.27. The summed E-state index contributed by atoms with van der Waals surface area (Å²) < 4.78 is 10.1. The number of ether oxygens (including phenoxy) is 2. The lowest BCUT2D eigenvalue weighted by Crippen LogP contribution is -2.47. The first-order valence-corrected chi connectivity index (χ1v) is 7.13. The lowest BCUT2D eigenvalue weighted by molar-refractivity contribution is -0.146. The van der Waals surface area contributed by atoms with E-state index in [1.807, 2.05) is 0 Å². The van der Waals surface area contributed by atoms with E-state index in [-0.39, 0.29) is 12.3 Å². The molecule has 1 aromatic carbocycles. The smallest absolute Gasteiger partial charge is 0.328 e. The zero-order chi connectivity index (χ0) is 15.9. The number of methoxy groups -OCH3 is 1. The SMILES string of the molecule is COC(=O)[C@H](Cc1ccccc1C#N)NC(=O)[C@@H]1CCCO1. The normalized spacial score (nSPS) is 18.3. The highest BCUT2D eigenvalue weighted by Gasteiger charge is 2.29. The summed E-state index contributed by atoms with van der Waals surface area (Å²) in [6, 6.07) is 8.20. The topological polar surface area (TPSA) is 88.4 Å². The van der Waals surface area contributed by atoms with Gasteiger partial charge in [-0.1, -0.05) is 18.2 Å². The van der Waals surface area contributed by atoms with Crippen molar-refractivity contribution in [3.8, 4) is 6.07 Å². The number of hydrogen-bond acceptors (Lipinski definition) is 5. The van der Waals surface area contributed by atoms with E-state index in [9.17, 15) is 9.59 Å². The van der Waals surface area contributed by atoms with Crippen LogP contribution in [0.1, 0.15) is 24.0 Å². The number of benzene rings is 1. The van der Waals surface area contributed by atoms with Gasteiger partial charge in [0.05, 0.1) is 18.7 Å². The second-order valence-electron chi connectivity index (χ2n) is 5.06. The molecule has 2 rings (SSSR count). The van der Waals surface area contributed by atoms with Gasteiger partial charge in [0, 0.05) is 13.0 Å². The van der Waals surface area contributed by atoms with Crippen LogP contribution in [0.4, 0.5) is 0 Å². The van der Waals surface area contributed by atoms with E-state index in [4.69, 9.17) is 14.7 Å². The van der Waals surface area contributed by atoms with Crippen molar-refractivity contribution < 1.29 is 19.1 Å². The summed E-state index contributed by atoms with van der Waals surface area (Å²) in [5.74, 6) is -0.860. The molecule has 0 aromatic heterocycles. The monoisotopic (exact) mass is 302 g/mol. The largest absolute Gasteiger partial charge is 0.467 e. The van der Waals surface area contributed by atoms with Crippen molar-refractivity contribution in [1.82, 2.24) is 5.32 Å². The van der Waals surface area contributed by atoms with Crippen LogP contribution in [0.25, 0.3) is 0 Å². The molecule has 0 aliphatic carbocycles. The highest BCUT2D eigenvalue weighted by molar-refractivity contribution is 5.87. The van der Waals surface area contributed by atoms with Crippen molar-refractivity contribution in [2.45, 2.75) is 31.4 Å². The van der Waals surface area contributed by atoms with Gasteiger partial charge in [0.2, 0.25) is 5.91 Å². The first kappa shape index (κ1) is 16.0. The van der Waals surface area contributed by atoms with Gasteiger partial charge < -0.3 is 14.8 Å². The molecular weight excluding hydrogens is 284 g/mol. The van der Waals surface area contributed by atoms with E-state index in [2.05, 4.69) is 11.4 Å². The van der Waals surface area contributed by atoms with E-state index in [0.29, 0.717) is 24.2 Å². The molecule has 0 saturated carbocycles. The quantitative estimate of drug-likeness (QED) is 0.818. The Morgan fingerprint density at radius 3 is 2.91 bits per heavy atom. The highest BCUT2D eigenvalue weighted by Crippen LogP contribution is 2.14. The van der Waals surface area contributed by atoms with E-state index in [1.165, 1.54) is 7.11 Å². The van der Waals surface area contributed by atoms with Crippen LogP contribution in [0.5, 0.6) is 0 Å². The number of nitriles is 1. The minimum atomic E-state index is -0.837. The maximum atomic E-state index is 12.1. The zero-order valence-corrected chi connectivity index (χ0v) is 12.4. The van der Waals surface area contributed by atoms with Crippen molar-refractivity contribution in [2.75, 3.05) is 13.7 Å². The number of rotatable bonds is 5. The summed E-state index contributed by atoms with van der Waals surface area (Å²) in [6.07, 6.45) is 1.17. The predicted octanol–water partition coefficient (Wildman–Crippen LogP) is 0.938. The first-order chi connectivity index (χ1) is 10.7. The van der Waals surface area contributed by atoms with Gasteiger partial charge >= 0.3 is 5.97 Å². The molecule has 1 amide bonds. The molecule has 1 aromatic rings. The fourth-order valence-corrected chi connectivity index (χ4v) is 2.41. The molecule has 1 aliphatic heterocycles. The minimum Gasteiger partial charge on any atom is -0.467 e. The van der Waals surface area contributed by atoms with Crippen molar-refractivity contribution in [3.05, 3.63) is 35.4 Å². The van der Waals surface area contributed by atoms with Gasteiger partial charge in [-0.3, -0.25) is 4.79 Å². The molecule has 0 bridgehead atoms. The minimum absolute atomic E-state index is 0.203. The van der Waals surface area contributed by atoms with E-state index >= 15 is 0 Å². The van der Waals surface area contributed by atoms with Crippen LogP contribution in [-0.2, 0) is 25.5 Å². The second kappa shape index (κ2) is 7.57. The van der Waals surface area contributed by atoms with E-state index in [1.54, 1.807) is 24.3 Å². The third kappa shape index (κ3) is 3.83. The van der Waals surface area contributed by atoms with Gasteiger partial charge in [-0.15, -0.1) is 0 Å². The van der Waals surface area contributed by atoms with Crippen LogP contribution in [0.15, 0.2) is 24.3 Å². The zero-order valence-electron chi connectivity index (χ0n) is 12.4. The van der Waals surface area contributed by atoms with Crippen molar-refractivity contribution in [3.63, 3.8) is 0 Å². The fraction of sp³-hybridized carbons (Fsp3) is 0.438. The van der Waals surface area contributed by atoms with Gasteiger partial charge in [-0.05, 0) is 24.5 Å².